The van der Waals surface area contributed by atoms with Gasteiger partial charge in [0.15, 0.2) is 5.69 Å². The Hall–Kier alpha value is -2.34. The van der Waals surface area contributed by atoms with Crippen LogP contribution in [0, 0.1) is 5.92 Å². The number of amides is 1. The van der Waals surface area contributed by atoms with Crippen molar-refractivity contribution in [3.63, 3.8) is 0 Å². The van der Waals surface area contributed by atoms with Gasteiger partial charge in [-0.15, -0.1) is 10.2 Å². The zero-order valence-electron chi connectivity index (χ0n) is 14.8. The molecular formula is C18H23ClN4O2. The molecule has 2 aromatic rings. The fourth-order valence-electron chi connectivity index (χ4n) is 2.55. The van der Waals surface area contributed by atoms with E-state index in [-0.39, 0.29) is 17.6 Å². The first-order valence-corrected chi connectivity index (χ1v) is 8.48. The molecule has 1 atom stereocenters. The van der Waals surface area contributed by atoms with Gasteiger partial charge in [-0.1, -0.05) is 25.4 Å². The van der Waals surface area contributed by atoms with Crippen LogP contribution in [0.2, 0.25) is 5.02 Å². The van der Waals surface area contributed by atoms with Gasteiger partial charge in [0.05, 0.1) is 13.2 Å². The number of rotatable bonds is 7. The molecule has 1 heterocycles. The lowest BCUT2D eigenvalue weighted by atomic mass is 9.96. The lowest BCUT2D eigenvalue weighted by Crippen LogP contribution is -2.20. The van der Waals surface area contributed by atoms with Crippen LogP contribution in [-0.2, 0) is 0 Å². The van der Waals surface area contributed by atoms with Gasteiger partial charge in [-0.2, -0.15) is 0 Å². The molecule has 2 rings (SSSR count). The highest BCUT2D eigenvalue weighted by Crippen LogP contribution is 2.33. The lowest BCUT2D eigenvalue weighted by Gasteiger charge is -2.23. The topological polar surface area (TPSA) is 76.1 Å². The molecule has 134 valence electrons. The van der Waals surface area contributed by atoms with Crippen molar-refractivity contribution in [2.75, 3.05) is 19.5 Å². The minimum Gasteiger partial charge on any atom is -0.496 e. The number of nitrogens with one attached hydrogen (secondary N) is 2. The van der Waals surface area contributed by atoms with E-state index in [4.69, 9.17) is 16.3 Å². The molecular weight excluding hydrogens is 340 g/mol. The zero-order chi connectivity index (χ0) is 18.4. The summed E-state index contributed by atoms with van der Waals surface area (Å²) in [5.41, 5.74) is 1.23. The smallest absolute Gasteiger partial charge is 0.271 e. The number of hydrogen-bond donors (Lipinski definition) is 2. The van der Waals surface area contributed by atoms with E-state index >= 15 is 0 Å². The van der Waals surface area contributed by atoms with Gasteiger partial charge in [-0.05, 0) is 42.7 Å². The molecule has 0 aliphatic rings. The summed E-state index contributed by atoms with van der Waals surface area (Å²) in [4.78, 5) is 11.6. The highest BCUT2D eigenvalue weighted by Gasteiger charge is 2.19. The van der Waals surface area contributed by atoms with Crippen LogP contribution in [0.4, 0.5) is 5.82 Å². The Labute approximate surface area is 152 Å². The second-order valence-electron chi connectivity index (χ2n) is 6.10. The van der Waals surface area contributed by atoms with E-state index in [0.717, 1.165) is 17.7 Å². The number of ether oxygens (including phenoxy) is 1. The molecule has 0 saturated heterocycles. The molecule has 0 saturated carbocycles. The second-order valence-corrected chi connectivity index (χ2v) is 6.53. The van der Waals surface area contributed by atoms with Crippen LogP contribution in [0.1, 0.15) is 42.4 Å². The normalized spacial score (nSPS) is 11.9. The third kappa shape index (κ3) is 5.06. The van der Waals surface area contributed by atoms with Crippen molar-refractivity contribution in [1.29, 1.82) is 0 Å². The van der Waals surface area contributed by atoms with Crippen LogP contribution >= 0.6 is 11.6 Å². The van der Waals surface area contributed by atoms with Gasteiger partial charge in [0, 0.05) is 17.6 Å². The summed E-state index contributed by atoms with van der Waals surface area (Å²) >= 11 is 6.17. The first kappa shape index (κ1) is 19.0. The Morgan fingerprint density at radius 1 is 1.24 bits per heavy atom. The number of anilines is 1. The van der Waals surface area contributed by atoms with E-state index < -0.39 is 0 Å². The van der Waals surface area contributed by atoms with E-state index in [1.807, 2.05) is 12.1 Å². The van der Waals surface area contributed by atoms with Crippen molar-refractivity contribution >= 4 is 23.3 Å². The van der Waals surface area contributed by atoms with Gasteiger partial charge >= 0.3 is 0 Å². The fraction of sp³-hybridized carbons (Fsp3) is 0.389. The average Bonchev–Trinajstić information content (AvgIpc) is 2.60. The molecule has 1 unspecified atom stereocenters. The summed E-state index contributed by atoms with van der Waals surface area (Å²) in [5, 5.41) is 14.6. The SMILES string of the molecule is CNC(=O)c1ccc(NC(CC(C)C)c2cc(Cl)ccc2OC)nn1. The molecule has 6 nitrogen and oxygen atoms in total. The molecule has 1 amide bonds. The molecule has 0 aliphatic heterocycles. The highest BCUT2D eigenvalue weighted by atomic mass is 35.5. The third-order valence-corrected chi connectivity index (χ3v) is 3.96. The average molecular weight is 363 g/mol. The molecule has 1 aromatic carbocycles. The highest BCUT2D eigenvalue weighted by molar-refractivity contribution is 6.30. The maximum absolute atomic E-state index is 11.6. The Morgan fingerprint density at radius 3 is 2.56 bits per heavy atom. The van der Waals surface area contributed by atoms with Gasteiger partial charge in [0.1, 0.15) is 11.6 Å². The van der Waals surface area contributed by atoms with Crippen LogP contribution in [0.3, 0.4) is 0 Å². The van der Waals surface area contributed by atoms with Crippen LogP contribution in [0.25, 0.3) is 0 Å². The number of aromatic nitrogens is 2. The molecule has 0 bridgehead atoms. The van der Waals surface area contributed by atoms with E-state index in [9.17, 15) is 4.79 Å². The lowest BCUT2D eigenvalue weighted by molar-refractivity contribution is 0.0957. The molecule has 0 fully saturated rings. The first-order valence-electron chi connectivity index (χ1n) is 8.10. The molecule has 2 N–H and O–H groups in total. The number of nitrogens with zero attached hydrogens (tertiary/aromatic N) is 2. The summed E-state index contributed by atoms with van der Waals surface area (Å²) < 4.78 is 5.48. The largest absolute Gasteiger partial charge is 0.496 e. The van der Waals surface area contributed by atoms with Crippen molar-refractivity contribution in [3.05, 3.63) is 46.6 Å². The summed E-state index contributed by atoms with van der Waals surface area (Å²) in [5.74, 6) is 1.52. The summed E-state index contributed by atoms with van der Waals surface area (Å²) in [7, 11) is 3.19. The monoisotopic (exact) mass is 362 g/mol. The number of halogens is 1. The van der Waals surface area contributed by atoms with Crippen LogP contribution in [0.15, 0.2) is 30.3 Å². The van der Waals surface area contributed by atoms with Crippen molar-refractivity contribution < 1.29 is 9.53 Å². The molecule has 0 spiro atoms. The summed E-state index contributed by atoms with van der Waals surface area (Å²) in [6.45, 7) is 4.29. The van der Waals surface area contributed by atoms with E-state index in [1.165, 1.54) is 0 Å². The van der Waals surface area contributed by atoms with Gasteiger partial charge in [-0.25, -0.2) is 0 Å². The van der Waals surface area contributed by atoms with E-state index in [0.29, 0.717) is 16.8 Å². The molecule has 1 aromatic heterocycles. The standard InChI is InChI=1S/C18H23ClN4O2/c1-11(2)9-15(13-10-12(19)5-7-16(13)25-4)21-17-8-6-14(22-23-17)18(24)20-3/h5-8,10-11,15H,9H2,1-4H3,(H,20,24)(H,21,23). The van der Waals surface area contributed by atoms with Gasteiger partial charge in [0.2, 0.25) is 0 Å². The van der Waals surface area contributed by atoms with Crippen LogP contribution in [-0.4, -0.2) is 30.3 Å². The summed E-state index contributed by atoms with van der Waals surface area (Å²) in [6.07, 6.45) is 0.857. The quantitative estimate of drug-likeness (QED) is 0.785. The van der Waals surface area contributed by atoms with Gasteiger partial charge in [0.25, 0.3) is 5.91 Å². The number of carbonyl (C=O) groups is 1. The van der Waals surface area contributed by atoms with Crippen molar-refractivity contribution in [1.82, 2.24) is 15.5 Å². The maximum Gasteiger partial charge on any atom is 0.271 e. The van der Waals surface area contributed by atoms with E-state index in [1.54, 1.807) is 32.4 Å². The maximum atomic E-state index is 11.6. The summed E-state index contributed by atoms with van der Waals surface area (Å²) in [6, 6.07) is 8.88. The van der Waals surface area contributed by atoms with Crippen molar-refractivity contribution in [2.24, 2.45) is 5.92 Å². The van der Waals surface area contributed by atoms with Gasteiger partial charge < -0.3 is 15.4 Å². The van der Waals surface area contributed by atoms with Crippen molar-refractivity contribution in [2.45, 2.75) is 26.3 Å². The van der Waals surface area contributed by atoms with Crippen LogP contribution in [0.5, 0.6) is 5.75 Å². The number of hydrogen-bond acceptors (Lipinski definition) is 5. The predicted molar refractivity (Wildman–Crippen MR) is 99.2 cm³/mol. The first-order chi connectivity index (χ1) is 11.9. The van der Waals surface area contributed by atoms with Crippen molar-refractivity contribution in [3.8, 4) is 5.75 Å². The Balaban J connectivity index is 2.29. The third-order valence-electron chi connectivity index (χ3n) is 3.72. The Bertz CT molecular complexity index is 720. The Kier molecular flexibility index (Phi) is 6.58. The number of carbonyl (C=O) groups excluding carboxylic acids is 1. The van der Waals surface area contributed by atoms with E-state index in [2.05, 4.69) is 34.7 Å². The molecule has 7 heteroatoms. The molecule has 0 radical (unpaired) electrons. The molecule has 0 aliphatic carbocycles. The predicted octanol–water partition coefficient (Wildman–Crippen LogP) is 3.70. The number of methoxy groups -OCH3 is 1. The number of benzene rings is 1. The van der Waals surface area contributed by atoms with Crippen LogP contribution < -0.4 is 15.4 Å². The van der Waals surface area contributed by atoms with Gasteiger partial charge in [-0.3, -0.25) is 4.79 Å². The Morgan fingerprint density at radius 2 is 2.00 bits per heavy atom. The minimum atomic E-state index is -0.269. The molecule has 25 heavy (non-hydrogen) atoms. The second kappa shape index (κ2) is 8.67. The fourth-order valence-corrected chi connectivity index (χ4v) is 2.73. The zero-order valence-corrected chi connectivity index (χ0v) is 15.6. The minimum absolute atomic E-state index is 0.0474.